The fourth-order valence-electron chi connectivity index (χ4n) is 1.46. The molecule has 1 saturated heterocycles. The number of rotatable bonds is 5. The van der Waals surface area contributed by atoms with Gasteiger partial charge in [0.1, 0.15) is 0 Å². The second-order valence-electron chi connectivity index (χ2n) is 4.35. The van der Waals surface area contributed by atoms with E-state index in [1.807, 2.05) is 13.8 Å². The van der Waals surface area contributed by atoms with Crippen molar-refractivity contribution in [1.82, 2.24) is 10.2 Å². The molecule has 0 spiro atoms. The lowest BCUT2D eigenvalue weighted by molar-refractivity contribution is 0.0678. The molecular weight excluding hydrogens is 208 g/mol. The summed E-state index contributed by atoms with van der Waals surface area (Å²) in [6, 6.07) is 0.115. The van der Waals surface area contributed by atoms with Crippen molar-refractivity contribution in [3.05, 3.63) is 0 Å². The number of likely N-dealkylation sites (N-methyl/N-ethyl adjacent to an activating group) is 1. The molecule has 94 valence electrons. The molecule has 16 heavy (non-hydrogen) atoms. The van der Waals surface area contributed by atoms with Crippen LogP contribution in [0.3, 0.4) is 0 Å². The van der Waals surface area contributed by atoms with E-state index in [0.717, 1.165) is 13.0 Å². The Morgan fingerprint density at radius 2 is 2.38 bits per heavy atom. The third-order valence-electron chi connectivity index (χ3n) is 2.48. The summed E-state index contributed by atoms with van der Waals surface area (Å²) in [6.45, 7) is 6.51. The van der Waals surface area contributed by atoms with E-state index in [9.17, 15) is 4.79 Å². The molecule has 1 fully saturated rings. The number of hydrogen-bond acceptors (Lipinski definition) is 3. The lowest BCUT2D eigenvalue weighted by Crippen LogP contribution is -2.44. The molecule has 1 aliphatic rings. The largest absolute Gasteiger partial charge is 0.379 e. The SMILES string of the molecule is CC(C)OCCN(C)C(=O)NC1CCOC1. The van der Waals surface area contributed by atoms with Gasteiger partial charge in [0.25, 0.3) is 0 Å². The number of nitrogens with zero attached hydrogens (tertiary/aromatic N) is 1. The van der Waals surface area contributed by atoms with Crippen LogP contribution in [0.1, 0.15) is 20.3 Å². The Morgan fingerprint density at radius 1 is 1.62 bits per heavy atom. The topological polar surface area (TPSA) is 50.8 Å². The van der Waals surface area contributed by atoms with Crippen LogP contribution < -0.4 is 5.32 Å². The van der Waals surface area contributed by atoms with Gasteiger partial charge in [-0.05, 0) is 20.3 Å². The minimum Gasteiger partial charge on any atom is -0.379 e. The van der Waals surface area contributed by atoms with Gasteiger partial charge in [-0.15, -0.1) is 0 Å². The monoisotopic (exact) mass is 230 g/mol. The minimum atomic E-state index is -0.0529. The quantitative estimate of drug-likeness (QED) is 0.761. The van der Waals surface area contributed by atoms with Gasteiger partial charge < -0.3 is 19.7 Å². The number of ether oxygens (including phenoxy) is 2. The summed E-state index contributed by atoms with van der Waals surface area (Å²) in [5.74, 6) is 0. The van der Waals surface area contributed by atoms with Crippen LogP contribution in [0.25, 0.3) is 0 Å². The van der Waals surface area contributed by atoms with Crippen molar-refractivity contribution in [2.75, 3.05) is 33.4 Å². The first kappa shape index (κ1) is 13.3. The first-order valence-corrected chi connectivity index (χ1v) is 5.80. The Hall–Kier alpha value is -0.810. The third kappa shape index (κ3) is 4.81. The van der Waals surface area contributed by atoms with Gasteiger partial charge in [0.2, 0.25) is 0 Å². The zero-order valence-corrected chi connectivity index (χ0v) is 10.4. The predicted octanol–water partition coefficient (Wildman–Crippen LogP) is 0.842. The van der Waals surface area contributed by atoms with E-state index in [4.69, 9.17) is 9.47 Å². The number of nitrogens with one attached hydrogen (secondary N) is 1. The summed E-state index contributed by atoms with van der Waals surface area (Å²) in [5.41, 5.74) is 0. The minimum absolute atomic E-state index is 0.0529. The van der Waals surface area contributed by atoms with Crippen LogP contribution in [0.15, 0.2) is 0 Å². The van der Waals surface area contributed by atoms with Crippen LogP contribution >= 0.6 is 0 Å². The molecule has 0 bridgehead atoms. The van der Waals surface area contributed by atoms with Crippen LogP contribution in [-0.2, 0) is 9.47 Å². The van der Waals surface area contributed by atoms with E-state index in [1.165, 1.54) is 0 Å². The van der Waals surface area contributed by atoms with Crippen LogP contribution in [0.5, 0.6) is 0 Å². The molecule has 1 unspecified atom stereocenters. The Bertz CT molecular complexity index is 215. The van der Waals surface area contributed by atoms with E-state index in [-0.39, 0.29) is 18.2 Å². The zero-order chi connectivity index (χ0) is 12.0. The molecule has 5 heteroatoms. The van der Waals surface area contributed by atoms with Crippen molar-refractivity contribution in [3.63, 3.8) is 0 Å². The molecule has 1 heterocycles. The third-order valence-corrected chi connectivity index (χ3v) is 2.48. The van der Waals surface area contributed by atoms with Gasteiger partial charge >= 0.3 is 6.03 Å². The fourth-order valence-corrected chi connectivity index (χ4v) is 1.46. The van der Waals surface area contributed by atoms with Crippen molar-refractivity contribution >= 4 is 6.03 Å². The van der Waals surface area contributed by atoms with Crippen molar-refractivity contribution in [2.45, 2.75) is 32.4 Å². The number of carbonyl (C=O) groups excluding carboxylic acids is 1. The number of hydrogen-bond donors (Lipinski definition) is 1. The number of amides is 2. The van der Waals surface area contributed by atoms with Crippen LogP contribution in [0, 0.1) is 0 Å². The summed E-state index contributed by atoms with van der Waals surface area (Å²) in [5, 5.41) is 2.92. The van der Waals surface area contributed by atoms with Crippen molar-refractivity contribution < 1.29 is 14.3 Å². The Balaban J connectivity index is 2.14. The van der Waals surface area contributed by atoms with Gasteiger partial charge in [0.15, 0.2) is 0 Å². The molecular formula is C11H22N2O3. The molecule has 5 nitrogen and oxygen atoms in total. The molecule has 0 radical (unpaired) electrons. The van der Waals surface area contributed by atoms with Gasteiger partial charge in [0.05, 0.1) is 25.4 Å². The average molecular weight is 230 g/mol. The highest BCUT2D eigenvalue weighted by atomic mass is 16.5. The smallest absolute Gasteiger partial charge is 0.317 e. The molecule has 0 aromatic heterocycles. The van der Waals surface area contributed by atoms with Crippen LogP contribution in [0.4, 0.5) is 4.79 Å². The lowest BCUT2D eigenvalue weighted by Gasteiger charge is -2.20. The maximum atomic E-state index is 11.7. The first-order chi connectivity index (χ1) is 7.59. The summed E-state index contributed by atoms with van der Waals surface area (Å²) >= 11 is 0. The van der Waals surface area contributed by atoms with E-state index >= 15 is 0 Å². The lowest BCUT2D eigenvalue weighted by atomic mass is 10.3. The van der Waals surface area contributed by atoms with Crippen molar-refractivity contribution in [3.8, 4) is 0 Å². The second kappa shape index (κ2) is 6.70. The van der Waals surface area contributed by atoms with Crippen LogP contribution in [0.2, 0.25) is 0 Å². The fraction of sp³-hybridized carbons (Fsp3) is 0.909. The molecule has 1 aliphatic heterocycles. The average Bonchev–Trinajstić information content (AvgIpc) is 2.69. The van der Waals surface area contributed by atoms with E-state index in [1.54, 1.807) is 11.9 Å². The Morgan fingerprint density at radius 3 is 2.94 bits per heavy atom. The predicted molar refractivity (Wildman–Crippen MR) is 61.5 cm³/mol. The van der Waals surface area contributed by atoms with Gasteiger partial charge in [0, 0.05) is 20.2 Å². The maximum absolute atomic E-state index is 11.7. The summed E-state index contributed by atoms with van der Waals surface area (Å²) in [7, 11) is 1.77. The highest BCUT2D eigenvalue weighted by Gasteiger charge is 2.19. The molecule has 1 rings (SSSR count). The summed E-state index contributed by atoms with van der Waals surface area (Å²) in [6.07, 6.45) is 1.11. The first-order valence-electron chi connectivity index (χ1n) is 5.80. The molecule has 2 amide bonds. The normalized spacial score (nSPS) is 20.1. The standard InChI is InChI=1S/C11H22N2O3/c1-9(2)16-7-5-13(3)11(14)12-10-4-6-15-8-10/h9-10H,4-8H2,1-3H3,(H,12,14). The second-order valence-corrected chi connectivity index (χ2v) is 4.35. The molecule has 1 atom stereocenters. The van der Waals surface area contributed by atoms with Crippen molar-refractivity contribution in [1.29, 1.82) is 0 Å². The molecule has 0 aromatic rings. The highest BCUT2D eigenvalue weighted by Crippen LogP contribution is 2.03. The maximum Gasteiger partial charge on any atom is 0.317 e. The molecule has 0 saturated carbocycles. The highest BCUT2D eigenvalue weighted by molar-refractivity contribution is 5.74. The van der Waals surface area contributed by atoms with Gasteiger partial charge in [-0.2, -0.15) is 0 Å². The number of carbonyl (C=O) groups is 1. The van der Waals surface area contributed by atoms with E-state index in [2.05, 4.69) is 5.32 Å². The van der Waals surface area contributed by atoms with Crippen molar-refractivity contribution in [2.24, 2.45) is 0 Å². The molecule has 0 aliphatic carbocycles. The van der Waals surface area contributed by atoms with E-state index in [0.29, 0.717) is 19.8 Å². The zero-order valence-electron chi connectivity index (χ0n) is 10.4. The van der Waals surface area contributed by atoms with Gasteiger partial charge in [-0.3, -0.25) is 0 Å². The Labute approximate surface area is 97.1 Å². The van der Waals surface area contributed by atoms with Gasteiger partial charge in [-0.25, -0.2) is 4.79 Å². The molecule has 1 N–H and O–H groups in total. The van der Waals surface area contributed by atoms with E-state index < -0.39 is 0 Å². The number of urea groups is 1. The summed E-state index contributed by atoms with van der Waals surface area (Å²) in [4.78, 5) is 13.3. The molecule has 0 aromatic carbocycles. The summed E-state index contributed by atoms with van der Waals surface area (Å²) < 4.78 is 10.6. The van der Waals surface area contributed by atoms with Crippen LogP contribution in [-0.4, -0.2) is 56.5 Å². The van der Waals surface area contributed by atoms with Gasteiger partial charge in [-0.1, -0.05) is 0 Å². The Kier molecular flexibility index (Phi) is 5.55.